The Hall–Kier alpha value is -2.71. The number of benzene rings is 1. The first-order valence-corrected chi connectivity index (χ1v) is 6.15. The highest BCUT2D eigenvalue weighted by atomic mass is 16.5. The van der Waals surface area contributed by atoms with Gasteiger partial charge in [0.05, 0.1) is 18.2 Å². The molecule has 2 heterocycles. The zero-order chi connectivity index (χ0) is 13.9. The average molecular weight is 264 g/mol. The molecule has 1 aromatic carbocycles. The standard InChI is InChI=1S/C15H12N4O/c1-20-10-12-6-7-19-14(8-12)17-15(18-19)13-4-2-11(9-16)3-5-13/h2-8H,10H2,1H3. The molecule has 3 rings (SSSR count). The van der Waals surface area contributed by atoms with E-state index in [1.165, 1.54) is 0 Å². The van der Waals surface area contributed by atoms with E-state index in [1.807, 2.05) is 30.5 Å². The van der Waals surface area contributed by atoms with Gasteiger partial charge in [-0.15, -0.1) is 5.10 Å². The Kier molecular flexibility index (Phi) is 3.15. The van der Waals surface area contributed by atoms with Crippen molar-refractivity contribution in [2.45, 2.75) is 6.61 Å². The van der Waals surface area contributed by atoms with Gasteiger partial charge in [0.1, 0.15) is 0 Å². The molecule has 0 spiro atoms. The van der Waals surface area contributed by atoms with E-state index in [1.54, 1.807) is 23.8 Å². The number of nitrogens with zero attached hydrogens (tertiary/aromatic N) is 4. The lowest BCUT2D eigenvalue weighted by atomic mass is 10.1. The van der Waals surface area contributed by atoms with Gasteiger partial charge in [0, 0.05) is 18.9 Å². The maximum atomic E-state index is 8.80. The molecule has 0 aliphatic carbocycles. The van der Waals surface area contributed by atoms with E-state index in [9.17, 15) is 0 Å². The summed E-state index contributed by atoms with van der Waals surface area (Å²) in [4.78, 5) is 4.49. The van der Waals surface area contributed by atoms with E-state index in [0.717, 1.165) is 16.8 Å². The van der Waals surface area contributed by atoms with E-state index in [2.05, 4.69) is 16.2 Å². The summed E-state index contributed by atoms with van der Waals surface area (Å²) in [6.45, 7) is 0.551. The molecule has 0 radical (unpaired) electrons. The Bertz CT molecular complexity index is 784. The maximum absolute atomic E-state index is 8.80. The number of aromatic nitrogens is 3. The summed E-state index contributed by atoms with van der Waals surface area (Å²) in [7, 11) is 1.66. The number of hydrogen-bond donors (Lipinski definition) is 0. The molecule has 0 aliphatic rings. The fourth-order valence-corrected chi connectivity index (χ4v) is 2.00. The number of nitriles is 1. The van der Waals surface area contributed by atoms with Crippen molar-refractivity contribution in [3.63, 3.8) is 0 Å². The fraction of sp³-hybridized carbons (Fsp3) is 0.133. The number of hydrogen-bond acceptors (Lipinski definition) is 4. The van der Waals surface area contributed by atoms with Crippen molar-refractivity contribution in [3.8, 4) is 17.5 Å². The molecule has 2 aromatic heterocycles. The summed E-state index contributed by atoms with van der Waals surface area (Å²) >= 11 is 0. The highest BCUT2D eigenvalue weighted by molar-refractivity contribution is 5.59. The second kappa shape index (κ2) is 5.11. The molecule has 0 atom stereocenters. The first-order chi connectivity index (χ1) is 9.80. The number of pyridine rings is 1. The van der Waals surface area contributed by atoms with Crippen molar-refractivity contribution < 1.29 is 4.74 Å². The van der Waals surface area contributed by atoms with Crippen LogP contribution in [0.3, 0.4) is 0 Å². The summed E-state index contributed by atoms with van der Waals surface area (Å²) in [6, 6.07) is 13.2. The molecule has 0 saturated heterocycles. The lowest BCUT2D eigenvalue weighted by Gasteiger charge is -1.98. The Balaban J connectivity index is 2.01. The molecule has 0 bridgehead atoms. The van der Waals surface area contributed by atoms with Crippen molar-refractivity contribution >= 4 is 5.65 Å². The van der Waals surface area contributed by atoms with Crippen molar-refractivity contribution in [3.05, 3.63) is 53.7 Å². The topological polar surface area (TPSA) is 63.2 Å². The predicted molar refractivity (Wildman–Crippen MR) is 73.9 cm³/mol. The second-order valence-electron chi connectivity index (χ2n) is 4.40. The molecule has 0 unspecified atom stereocenters. The van der Waals surface area contributed by atoms with Crippen molar-refractivity contribution in [2.24, 2.45) is 0 Å². The summed E-state index contributed by atoms with van der Waals surface area (Å²) in [5.41, 5.74) is 3.35. The highest BCUT2D eigenvalue weighted by Gasteiger charge is 2.07. The molecular formula is C15H12N4O. The summed E-state index contributed by atoms with van der Waals surface area (Å²) < 4.78 is 6.83. The molecule has 0 amide bonds. The minimum absolute atomic E-state index is 0.551. The first-order valence-electron chi connectivity index (χ1n) is 6.15. The van der Waals surface area contributed by atoms with Crippen LogP contribution >= 0.6 is 0 Å². The Morgan fingerprint density at radius 1 is 1.25 bits per heavy atom. The summed E-state index contributed by atoms with van der Waals surface area (Å²) in [5.74, 6) is 0.643. The molecule has 0 N–H and O–H groups in total. The van der Waals surface area contributed by atoms with Gasteiger partial charge in [-0.3, -0.25) is 0 Å². The average Bonchev–Trinajstić information content (AvgIpc) is 2.91. The second-order valence-corrected chi connectivity index (χ2v) is 4.40. The van der Waals surface area contributed by atoms with E-state index in [-0.39, 0.29) is 0 Å². The molecule has 5 nitrogen and oxygen atoms in total. The van der Waals surface area contributed by atoms with Gasteiger partial charge in [-0.2, -0.15) is 5.26 Å². The van der Waals surface area contributed by atoms with Crippen LogP contribution in [0.25, 0.3) is 17.0 Å². The lowest BCUT2D eigenvalue weighted by Crippen LogP contribution is -1.91. The Labute approximate surface area is 116 Å². The summed E-state index contributed by atoms with van der Waals surface area (Å²) in [5, 5.41) is 13.2. The SMILES string of the molecule is COCc1ccn2nc(-c3ccc(C#N)cc3)nc2c1. The first kappa shape index (κ1) is 12.3. The highest BCUT2D eigenvalue weighted by Crippen LogP contribution is 2.17. The lowest BCUT2D eigenvalue weighted by molar-refractivity contribution is 0.185. The minimum atomic E-state index is 0.551. The van der Waals surface area contributed by atoms with Crippen LogP contribution in [-0.4, -0.2) is 21.7 Å². The molecule has 0 aliphatic heterocycles. The number of rotatable bonds is 3. The Morgan fingerprint density at radius 2 is 2.05 bits per heavy atom. The zero-order valence-corrected chi connectivity index (χ0v) is 10.9. The molecule has 3 aromatic rings. The monoisotopic (exact) mass is 264 g/mol. The molecule has 5 heteroatoms. The largest absolute Gasteiger partial charge is 0.380 e. The minimum Gasteiger partial charge on any atom is -0.380 e. The van der Waals surface area contributed by atoms with Gasteiger partial charge in [0.15, 0.2) is 11.5 Å². The number of methoxy groups -OCH3 is 1. The van der Waals surface area contributed by atoms with Crippen molar-refractivity contribution in [2.75, 3.05) is 7.11 Å². The third kappa shape index (κ3) is 2.25. The van der Waals surface area contributed by atoms with Crippen LogP contribution in [0.15, 0.2) is 42.6 Å². The van der Waals surface area contributed by atoms with E-state index in [4.69, 9.17) is 10.00 Å². The third-order valence-corrected chi connectivity index (χ3v) is 2.99. The summed E-state index contributed by atoms with van der Waals surface area (Å²) in [6.07, 6.45) is 1.86. The van der Waals surface area contributed by atoms with Crippen LogP contribution in [0.2, 0.25) is 0 Å². The van der Waals surface area contributed by atoms with Gasteiger partial charge < -0.3 is 4.74 Å². The zero-order valence-electron chi connectivity index (χ0n) is 10.9. The number of ether oxygens (including phenoxy) is 1. The smallest absolute Gasteiger partial charge is 0.182 e. The molecular weight excluding hydrogens is 252 g/mol. The van der Waals surface area contributed by atoms with Gasteiger partial charge in [-0.05, 0) is 42.0 Å². The van der Waals surface area contributed by atoms with Gasteiger partial charge in [-0.1, -0.05) is 0 Å². The van der Waals surface area contributed by atoms with Crippen molar-refractivity contribution in [1.29, 1.82) is 5.26 Å². The van der Waals surface area contributed by atoms with Crippen LogP contribution in [0.4, 0.5) is 0 Å². The molecule has 0 saturated carbocycles. The van der Waals surface area contributed by atoms with Gasteiger partial charge >= 0.3 is 0 Å². The van der Waals surface area contributed by atoms with Gasteiger partial charge in [0.25, 0.3) is 0 Å². The molecule has 20 heavy (non-hydrogen) atoms. The quantitative estimate of drug-likeness (QED) is 0.728. The van der Waals surface area contributed by atoms with Crippen LogP contribution < -0.4 is 0 Å². The van der Waals surface area contributed by atoms with Crippen LogP contribution in [0, 0.1) is 11.3 Å². The van der Waals surface area contributed by atoms with Crippen LogP contribution in [0.1, 0.15) is 11.1 Å². The predicted octanol–water partition coefficient (Wildman–Crippen LogP) is 2.41. The van der Waals surface area contributed by atoms with Gasteiger partial charge in [-0.25, -0.2) is 9.50 Å². The van der Waals surface area contributed by atoms with E-state index in [0.29, 0.717) is 18.0 Å². The molecule has 0 fully saturated rings. The maximum Gasteiger partial charge on any atom is 0.182 e. The van der Waals surface area contributed by atoms with Crippen LogP contribution in [-0.2, 0) is 11.3 Å². The molecule has 98 valence electrons. The third-order valence-electron chi connectivity index (χ3n) is 2.99. The van der Waals surface area contributed by atoms with E-state index >= 15 is 0 Å². The Morgan fingerprint density at radius 3 is 2.75 bits per heavy atom. The number of fused-ring (bicyclic) bond motifs is 1. The van der Waals surface area contributed by atoms with Crippen LogP contribution in [0.5, 0.6) is 0 Å². The normalized spacial score (nSPS) is 10.6. The van der Waals surface area contributed by atoms with Crippen molar-refractivity contribution in [1.82, 2.24) is 14.6 Å². The fourth-order valence-electron chi connectivity index (χ4n) is 2.00. The van der Waals surface area contributed by atoms with E-state index < -0.39 is 0 Å². The van der Waals surface area contributed by atoms with Gasteiger partial charge in [0.2, 0.25) is 0 Å².